The molecular formula is C35H31N5O5S2. The molecule has 0 saturated heterocycles. The fourth-order valence-electron chi connectivity index (χ4n) is 4.42. The van der Waals surface area contributed by atoms with E-state index < -0.39 is 17.1 Å². The van der Waals surface area contributed by atoms with Crippen LogP contribution in [0, 0.1) is 6.92 Å². The summed E-state index contributed by atoms with van der Waals surface area (Å²) in [6, 6.07) is 30.4. The van der Waals surface area contributed by atoms with Gasteiger partial charge in [-0.1, -0.05) is 65.9 Å². The van der Waals surface area contributed by atoms with Crippen molar-refractivity contribution < 1.29 is 23.9 Å². The maximum absolute atomic E-state index is 13.6. The van der Waals surface area contributed by atoms with Gasteiger partial charge in [-0.05, 0) is 72.7 Å². The number of benzene rings is 4. The molecule has 0 spiro atoms. The number of amides is 3. The first-order valence-corrected chi connectivity index (χ1v) is 16.1. The molecule has 5 rings (SSSR count). The van der Waals surface area contributed by atoms with Crippen molar-refractivity contribution in [3.05, 3.63) is 131 Å². The second kappa shape index (κ2) is 15.7. The molecule has 1 unspecified atom stereocenters. The summed E-state index contributed by atoms with van der Waals surface area (Å²) in [6.45, 7) is 1.82. The average Bonchev–Trinajstić information content (AvgIpc) is 3.51. The third-order valence-corrected chi connectivity index (χ3v) is 8.73. The number of aryl methyl sites for hydroxylation is 1. The van der Waals surface area contributed by atoms with Gasteiger partial charge in [-0.2, -0.15) is 0 Å². The highest BCUT2D eigenvalue weighted by Gasteiger charge is 2.23. The van der Waals surface area contributed by atoms with Gasteiger partial charge in [-0.25, -0.2) is 0 Å². The number of aromatic nitrogens is 2. The van der Waals surface area contributed by atoms with Crippen molar-refractivity contribution in [3.8, 4) is 11.5 Å². The lowest BCUT2D eigenvalue weighted by Crippen LogP contribution is -2.30. The number of hydrogen-bond acceptors (Lipinski definition) is 9. The molecule has 238 valence electrons. The smallest absolute Gasteiger partial charge is 0.272 e. The van der Waals surface area contributed by atoms with Crippen LogP contribution in [0.3, 0.4) is 0 Å². The molecule has 4 aromatic carbocycles. The molecule has 0 radical (unpaired) electrons. The summed E-state index contributed by atoms with van der Waals surface area (Å²) in [5.74, 6) is -0.186. The summed E-state index contributed by atoms with van der Waals surface area (Å²) >= 11 is 2.67. The number of methoxy groups -OCH3 is 2. The number of hydrogen-bond donors (Lipinski definition) is 3. The van der Waals surface area contributed by atoms with Crippen molar-refractivity contribution >= 4 is 57.7 Å². The lowest BCUT2D eigenvalue weighted by atomic mass is 10.1. The molecule has 1 aromatic heterocycles. The van der Waals surface area contributed by atoms with Gasteiger partial charge in [-0.15, -0.1) is 22.0 Å². The molecule has 0 saturated carbocycles. The molecule has 10 nitrogen and oxygen atoms in total. The molecule has 1 atom stereocenters. The summed E-state index contributed by atoms with van der Waals surface area (Å²) < 4.78 is 10.7. The zero-order valence-corrected chi connectivity index (χ0v) is 27.4. The van der Waals surface area contributed by atoms with Crippen LogP contribution in [0.1, 0.15) is 31.7 Å². The molecule has 47 heavy (non-hydrogen) atoms. The van der Waals surface area contributed by atoms with Crippen LogP contribution in [0.15, 0.2) is 114 Å². The number of nitrogens with zero attached hydrogens (tertiary/aromatic N) is 2. The Morgan fingerprint density at radius 1 is 0.809 bits per heavy atom. The van der Waals surface area contributed by atoms with Crippen LogP contribution in [0.5, 0.6) is 11.5 Å². The van der Waals surface area contributed by atoms with Crippen LogP contribution < -0.4 is 25.4 Å². The van der Waals surface area contributed by atoms with Gasteiger partial charge in [0.1, 0.15) is 16.0 Å². The monoisotopic (exact) mass is 665 g/mol. The number of ether oxygens (including phenoxy) is 2. The van der Waals surface area contributed by atoms with Crippen molar-refractivity contribution in [2.75, 3.05) is 24.9 Å². The third-order valence-electron chi connectivity index (χ3n) is 6.71. The standard InChI is InChI=1S/C35H31N5O5S2/c1-22-39-40-35(46-22)38-34(43)31(24-10-6-4-7-11-24)47-27-17-15-26(16-18-27)36-33(42)28(37-32(41)25-12-8-5-9-13-25)20-23-14-19-29(44-2)30(21-23)45-3/h4-21,31H,1-3H3,(H,36,42)(H,37,41)(H,38,40,43)/b28-20-. The summed E-state index contributed by atoms with van der Waals surface area (Å²) in [5.41, 5.74) is 2.36. The van der Waals surface area contributed by atoms with Gasteiger partial charge in [0.15, 0.2) is 11.5 Å². The first kappa shape index (κ1) is 32.9. The number of carbonyl (C=O) groups is 3. The second-order valence-corrected chi connectivity index (χ2v) is 12.4. The maximum atomic E-state index is 13.6. The molecular weight excluding hydrogens is 635 g/mol. The SMILES string of the molecule is COc1ccc(/C=C(\NC(=O)c2ccccc2)C(=O)Nc2ccc(SC(C(=O)Nc3nnc(C)s3)c3ccccc3)cc2)cc1OC. The van der Waals surface area contributed by atoms with Crippen molar-refractivity contribution in [2.45, 2.75) is 17.1 Å². The van der Waals surface area contributed by atoms with Crippen LogP contribution in [-0.2, 0) is 9.59 Å². The number of anilines is 2. The van der Waals surface area contributed by atoms with E-state index in [0.717, 1.165) is 15.5 Å². The fourth-order valence-corrected chi connectivity index (χ4v) is 6.04. The van der Waals surface area contributed by atoms with E-state index in [1.165, 1.54) is 37.3 Å². The van der Waals surface area contributed by atoms with E-state index >= 15 is 0 Å². The number of rotatable bonds is 12. The summed E-state index contributed by atoms with van der Waals surface area (Å²) in [7, 11) is 3.06. The molecule has 0 aliphatic rings. The normalized spacial score (nSPS) is 11.7. The topological polar surface area (TPSA) is 132 Å². The first-order chi connectivity index (χ1) is 22.8. The lowest BCUT2D eigenvalue weighted by Gasteiger charge is -2.16. The predicted octanol–water partition coefficient (Wildman–Crippen LogP) is 6.75. The predicted molar refractivity (Wildman–Crippen MR) is 185 cm³/mol. The summed E-state index contributed by atoms with van der Waals surface area (Å²) in [4.78, 5) is 40.7. The Kier molecular flexibility index (Phi) is 11.0. The number of nitrogens with one attached hydrogen (secondary N) is 3. The Hall–Kier alpha value is -5.46. The van der Waals surface area contributed by atoms with E-state index in [4.69, 9.17) is 9.47 Å². The van der Waals surface area contributed by atoms with Crippen molar-refractivity contribution in [1.29, 1.82) is 0 Å². The molecule has 0 aliphatic heterocycles. The minimum absolute atomic E-state index is 0.0252. The Balaban J connectivity index is 1.35. The summed E-state index contributed by atoms with van der Waals surface area (Å²) in [5, 5.41) is 17.1. The Morgan fingerprint density at radius 2 is 1.49 bits per heavy atom. The van der Waals surface area contributed by atoms with Crippen molar-refractivity contribution in [2.24, 2.45) is 0 Å². The van der Waals surface area contributed by atoms with Gasteiger partial charge in [0.05, 0.1) is 14.2 Å². The van der Waals surface area contributed by atoms with E-state index in [0.29, 0.717) is 33.4 Å². The molecule has 12 heteroatoms. The van der Waals surface area contributed by atoms with Crippen LogP contribution in [-0.4, -0.2) is 42.1 Å². The van der Waals surface area contributed by atoms with E-state index in [-0.39, 0.29) is 11.6 Å². The molecule has 3 N–H and O–H groups in total. The average molecular weight is 666 g/mol. The summed E-state index contributed by atoms with van der Waals surface area (Å²) in [6.07, 6.45) is 1.56. The van der Waals surface area contributed by atoms with Gasteiger partial charge in [0, 0.05) is 16.1 Å². The minimum atomic E-state index is -0.565. The Labute approximate surface area is 280 Å². The zero-order valence-electron chi connectivity index (χ0n) is 25.7. The van der Waals surface area contributed by atoms with Crippen LogP contribution >= 0.6 is 23.1 Å². The van der Waals surface area contributed by atoms with Crippen LogP contribution in [0.25, 0.3) is 6.08 Å². The molecule has 1 heterocycles. The quantitative estimate of drug-likeness (QED) is 0.0986. The van der Waals surface area contributed by atoms with E-state index in [1.807, 2.05) is 49.4 Å². The maximum Gasteiger partial charge on any atom is 0.272 e. The molecule has 0 aliphatic carbocycles. The third kappa shape index (κ3) is 8.84. The second-order valence-electron chi connectivity index (χ2n) is 10.00. The van der Waals surface area contributed by atoms with Gasteiger partial charge in [0.2, 0.25) is 11.0 Å². The van der Waals surface area contributed by atoms with Crippen LogP contribution in [0.4, 0.5) is 10.8 Å². The number of thioether (sulfide) groups is 1. The Bertz CT molecular complexity index is 1880. The molecule has 0 fully saturated rings. The molecule has 5 aromatic rings. The highest BCUT2D eigenvalue weighted by atomic mass is 32.2. The zero-order chi connectivity index (χ0) is 33.2. The van der Waals surface area contributed by atoms with Crippen LogP contribution in [0.2, 0.25) is 0 Å². The number of carbonyl (C=O) groups excluding carboxylic acids is 3. The largest absolute Gasteiger partial charge is 0.493 e. The fraction of sp³-hybridized carbons (Fsp3) is 0.114. The lowest BCUT2D eigenvalue weighted by molar-refractivity contribution is -0.116. The molecule has 0 bridgehead atoms. The highest BCUT2D eigenvalue weighted by Crippen LogP contribution is 2.37. The van der Waals surface area contributed by atoms with Crippen molar-refractivity contribution in [3.63, 3.8) is 0 Å². The Morgan fingerprint density at radius 3 is 2.13 bits per heavy atom. The van der Waals surface area contributed by atoms with Gasteiger partial charge in [-0.3, -0.25) is 19.7 Å². The van der Waals surface area contributed by atoms with E-state index in [9.17, 15) is 14.4 Å². The van der Waals surface area contributed by atoms with E-state index in [2.05, 4.69) is 26.1 Å². The molecule has 3 amide bonds. The van der Waals surface area contributed by atoms with Crippen molar-refractivity contribution in [1.82, 2.24) is 15.5 Å². The van der Waals surface area contributed by atoms with E-state index in [1.54, 1.807) is 66.7 Å². The highest BCUT2D eigenvalue weighted by molar-refractivity contribution is 8.00. The minimum Gasteiger partial charge on any atom is -0.493 e. The van der Waals surface area contributed by atoms with Gasteiger partial charge in [0.25, 0.3) is 11.8 Å². The van der Waals surface area contributed by atoms with Gasteiger partial charge < -0.3 is 20.1 Å². The first-order valence-electron chi connectivity index (χ1n) is 14.4. The van der Waals surface area contributed by atoms with Gasteiger partial charge >= 0.3 is 0 Å².